The van der Waals surface area contributed by atoms with Gasteiger partial charge in [0.25, 0.3) is 0 Å². The van der Waals surface area contributed by atoms with Gasteiger partial charge in [-0.25, -0.2) is 4.39 Å². The first kappa shape index (κ1) is 14.2. The molecule has 102 valence electrons. The molecule has 1 heterocycles. The van der Waals surface area contributed by atoms with Crippen LogP contribution in [0.5, 0.6) is 0 Å². The van der Waals surface area contributed by atoms with Gasteiger partial charge in [0.1, 0.15) is 5.82 Å². The topological polar surface area (TPSA) is 29.9 Å². The Kier molecular flexibility index (Phi) is 4.71. The molecule has 3 nitrogen and oxygen atoms in total. The van der Waals surface area contributed by atoms with Crippen molar-refractivity contribution >= 4 is 15.9 Å². The lowest BCUT2D eigenvalue weighted by atomic mass is 10.0. The number of aromatic nitrogens is 2. The second-order valence-corrected chi connectivity index (χ2v) is 5.38. The van der Waals surface area contributed by atoms with Gasteiger partial charge in [-0.05, 0) is 37.2 Å². The summed E-state index contributed by atoms with van der Waals surface area (Å²) < 4.78 is 16.6. The van der Waals surface area contributed by atoms with Crippen LogP contribution in [-0.4, -0.2) is 16.3 Å². The van der Waals surface area contributed by atoms with E-state index in [1.165, 1.54) is 6.07 Å². The standard InChI is InChI=1S/C14H17BrFN3/c1-3-7-17-14(13-6-8-19(2)18-13)11-9-10(15)4-5-12(11)16/h4-6,8-9,14,17H,3,7H2,1-2H3. The van der Waals surface area contributed by atoms with Crippen LogP contribution in [0.2, 0.25) is 0 Å². The van der Waals surface area contributed by atoms with Gasteiger partial charge in [0.2, 0.25) is 0 Å². The third kappa shape index (κ3) is 3.42. The molecule has 2 aromatic rings. The molecule has 1 aromatic carbocycles. The molecule has 0 radical (unpaired) electrons. The van der Waals surface area contributed by atoms with Crippen LogP contribution >= 0.6 is 15.9 Å². The minimum absolute atomic E-state index is 0.220. The Balaban J connectivity index is 2.39. The predicted octanol–water partition coefficient (Wildman–Crippen LogP) is 3.41. The second kappa shape index (κ2) is 6.30. The summed E-state index contributed by atoms with van der Waals surface area (Å²) in [6.07, 6.45) is 2.85. The molecule has 2 rings (SSSR count). The van der Waals surface area contributed by atoms with Crippen LogP contribution in [0, 0.1) is 5.82 Å². The van der Waals surface area contributed by atoms with Crippen molar-refractivity contribution in [2.75, 3.05) is 6.54 Å². The summed E-state index contributed by atoms with van der Waals surface area (Å²) in [4.78, 5) is 0. The molecule has 1 unspecified atom stereocenters. The maximum Gasteiger partial charge on any atom is 0.128 e. The Morgan fingerprint density at radius 3 is 2.84 bits per heavy atom. The summed E-state index contributed by atoms with van der Waals surface area (Å²) in [7, 11) is 1.86. The molecule has 0 fully saturated rings. The Bertz CT molecular complexity index is 553. The van der Waals surface area contributed by atoms with Crippen molar-refractivity contribution in [2.24, 2.45) is 7.05 Å². The molecule has 0 aliphatic heterocycles. The van der Waals surface area contributed by atoms with E-state index in [1.807, 2.05) is 19.3 Å². The van der Waals surface area contributed by atoms with Crippen molar-refractivity contribution in [1.82, 2.24) is 15.1 Å². The molecule has 0 amide bonds. The van der Waals surface area contributed by atoms with E-state index in [1.54, 1.807) is 16.8 Å². The van der Waals surface area contributed by atoms with Crippen molar-refractivity contribution in [2.45, 2.75) is 19.4 Å². The highest BCUT2D eigenvalue weighted by molar-refractivity contribution is 9.10. The first-order valence-electron chi connectivity index (χ1n) is 6.29. The Hall–Kier alpha value is -1.20. The summed E-state index contributed by atoms with van der Waals surface area (Å²) in [6, 6.07) is 6.67. The molecule has 0 spiro atoms. The van der Waals surface area contributed by atoms with Crippen LogP contribution in [0.3, 0.4) is 0 Å². The fourth-order valence-corrected chi connectivity index (χ4v) is 2.36. The van der Waals surface area contributed by atoms with Crippen molar-refractivity contribution in [3.63, 3.8) is 0 Å². The second-order valence-electron chi connectivity index (χ2n) is 4.47. The number of hydrogen-bond donors (Lipinski definition) is 1. The van der Waals surface area contributed by atoms with E-state index in [-0.39, 0.29) is 11.9 Å². The molecule has 0 saturated carbocycles. The SMILES string of the molecule is CCCNC(c1ccn(C)n1)c1cc(Br)ccc1F. The Labute approximate surface area is 121 Å². The maximum atomic E-state index is 14.0. The number of hydrogen-bond acceptors (Lipinski definition) is 2. The number of benzene rings is 1. The van der Waals surface area contributed by atoms with Gasteiger partial charge in [-0.15, -0.1) is 0 Å². The molecule has 19 heavy (non-hydrogen) atoms. The third-order valence-electron chi connectivity index (χ3n) is 2.90. The summed E-state index contributed by atoms with van der Waals surface area (Å²) in [5.74, 6) is -0.220. The van der Waals surface area contributed by atoms with E-state index in [2.05, 4.69) is 33.3 Å². The predicted molar refractivity (Wildman–Crippen MR) is 77.4 cm³/mol. The summed E-state index contributed by atoms with van der Waals surface area (Å²) in [5, 5.41) is 7.73. The highest BCUT2D eigenvalue weighted by atomic mass is 79.9. The zero-order valence-electron chi connectivity index (χ0n) is 11.0. The van der Waals surface area contributed by atoms with Gasteiger partial charge in [0.15, 0.2) is 0 Å². The zero-order valence-corrected chi connectivity index (χ0v) is 12.6. The Morgan fingerprint density at radius 2 is 2.21 bits per heavy atom. The lowest BCUT2D eigenvalue weighted by Crippen LogP contribution is -2.24. The van der Waals surface area contributed by atoms with Gasteiger partial charge in [-0.2, -0.15) is 5.10 Å². The smallest absolute Gasteiger partial charge is 0.128 e. The van der Waals surface area contributed by atoms with Gasteiger partial charge < -0.3 is 5.32 Å². The molecule has 0 aliphatic carbocycles. The third-order valence-corrected chi connectivity index (χ3v) is 3.39. The number of aryl methyl sites for hydroxylation is 1. The number of nitrogens with one attached hydrogen (secondary N) is 1. The fourth-order valence-electron chi connectivity index (χ4n) is 1.99. The first-order valence-corrected chi connectivity index (χ1v) is 7.09. The lowest BCUT2D eigenvalue weighted by Gasteiger charge is -2.18. The van der Waals surface area contributed by atoms with Crippen LogP contribution in [0.1, 0.15) is 30.6 Å². The Morgan fingerprint density at radius 1 is 1.42 bits per heavy atom. The summed E-state index contributed by atoms with van der Waals surface area (Å²) >= 11 is 3.39. The van der Waals surface area contributed by atoms with Crippen LogP contribution in [-0.2, 0) is 7.05 Å². The molecule has 0 bridgehead atoms. The molecular formula is C14H17BrFN3. The van der Waals surface area contributed by atoms with E-state index in [4.69, 9.17) is 0 Å². The van der Waals surface area contributed by atoms with E-state index >= 15 is 0 Å². The minimum atomic E-state index is -0.223. The van der Waals surface area contributed by atoms with Crippen LogP contribution in [0.4, 0.5) is 4.39 Å². The first-order chi connectivity index (χ1) is 9.11. The minimum Gasteiger partial charge on any atom is -0.305 e. The quantitative estimate of drug-likeness (QED) is 0.912. The van der Waals surface area contributed by atoms with E-state index < -0.39 is 0 Å². The van der Waals surface area contributed by atoms with Gasteiger partial charge in [-0.1, -0.05) is 22.9 Å². The highest BCUT2D eigenvalue weighted by Gasteiger charge is 2.19. The van der Waals surface area contributed by atoms with Gasteiger partial charge in [-0.3, -0.25) is 4.68 Å². The summed E-state index contributed by atoms with van der Waals surface area (Å²) in [6.45, 7) is 2.90. The van der Waals surface area contributed by atoms with E-state index in [0.717, 1.165) is 23.1 Å². The highest BCUT2D eigenvalue weighted by Crippen LogP contribution is 2.26. The van der Waals surface area contributed by atoms with Crippen LogP contribution in [0.15, 0.2) is 34.9 Å². The number of rotatable bonds is 5. The molecule has 5 heteroatoms. The molecule has 1 atom stereocenters. The molecule has 1 N–H and O–H groups in total. The van der Waals surface area contributed by atoms with E-state index in [9.17, 15) is 4.39 Å². The van der Waals surface area contributed by atoms with Crippen molar-refractivity contribution in [1.29, 1.82) is 0 Å². The largest absolute Gasteiger partial charge is 0.305 e. The molecule has 1 aromatic heterocycles. The fraction of sp³-hybridized carbons (Fsp3) is 0.357. The molecule has 0 saturated heterocycles. The van der Waals surface area contributed by atoms with Crippen LogP contribution < -0.4 is 5.32 Å². The van der Waals surface area contributed by atoms with Crippen molar-refractivity contribution in [3.05, 3.63) is 52.0 Å². The van der Waals surface area contributed by atoms with Gasteiger partial charge in [0.05, 0.1) is 11.7 Å². The van der Waals surface area contributed by atoms with Crippen molar-refractivity contribution < 1.29 is 4.39 Å². The number of halogens is 2. The summed E-state index contributed by atoms with van der Waals surface area (Å²) in [5.41, 5.74) is 1.44. The average Bonchev–Trinajstić information content (AvgIpc) is 2.80. The maximum absolute atomic E-state index is 14.0. The number of nitrogens with zero attached hydrogens (tertiary/aromatic N) is 2. The molecule has 0 aliphatic rings. The van der Waals surface area contributed by atoms with Gasteiger partial charge >= 0.3 is 0 Å². The normalized spacial score (nSPS) is 12.6. The van der Waals surface area contributed by atoms with E-state index in [0.29, 0.717) is 5.56 Å². The monoisotopic (exact) mass is 325 g/mol. The van der Waals surface area contributed by atoms with Gasteiger partial charge in [0, 0.05) is 23.3 Å². The van der Waals surface area contributed by atoms with Crippen molar-refractivity contribution in [3.8, 4) is 0 Å². The van der Waals surface area contributed by atoms with Crippen LogP contribution in [0.25, 0.3) is 0 Å². The lowest BCUT2D eigenvalue weighted by molar-refractivity contribution is 0.533. The zero-order chi connectivity index (χ0) is 13.8. The average molecular weight is 326 g/mol. The molecular weight excluding hydrogens is 309 g/mol.